The van der Waals surface area contributed by atoms with Crippen LogP contribution < -0.4 is 0 Å². The molecule has 0 amide bonds. The Balaban J connectivity index is 3.14. The highest BCUT2D eigenvalue weighted by atomic mass is 79.9. The van der Waals surface area contributed by atoms with Gasteiger partial charge in [-0.3, -0.25) is 4.68 Å². The summed E-state index contributed by atoms with van der Waals surface area (Å²) >= 11 is 2.96. The van der Waals surface area contributed by atoms with Crippen LogP contribution in [0.3, 0.4) is 0 Å². The predicted molar refractivity (Wildman–Crippen MR) is 30.9 cm³/mol. The van der Waals surface area contributed by atoms with Crippen LogP contribution in [-0.4, -0.2) is 9.78 Å². The van der Waals surface area contributed by atoms with Crippen LogP contribution in [-0.2, 0) is 7.05 Å². The van der Waals surface area contributed by atoms with E-state index in [1.165, 1.54) is 4.68 Å². The van der Waals surface area contributed by atoms with Crippen molar-refractivity contribution in [1.29, 1.82) is 0 Å². The van der Waals surface area contributed by atoms with E-state index in [0.717, 1.165) is 0 Å². The fourth-order valence-corrected chi connectivity index (χ4v) is 0.808. The molecule has 0 aliphatic rings. The maximum atomic E-state index is 12.2. The fourth-order valence-electron chi connectivity index (χ4n) is 0.432. The molecule has 0 N–H and O–H groups in total. The highest BCUT2D eigenvalue weighted by Gasteiger charge is 1.99. The van der Waals surface area contributed by atoms with E-state index in [0.29, 0.717) is 4.47 Å². The quantitative estimate of drug-likeness (QED) is 0.587. The Hall–Kier alpha value is -0.380. The lowest BCUT2D eigenvalue weighted by Gasteiger charge is -1.77. The summed E-state index contributed by atoms with van der Waals surface area (Å²) in [6.45, 7) is 0. The van der Waals surface area contributed by atoms with E-state index in [4.69, 9.17) is 0 Å². The lowest BCUT2D eigenvalue weighted by molar-refractivity contribution is 0.550. The van der Waals surface area contributed by atoms with E-state index in [1.807, 2.05) is 0 Å². The van der Waals surface area contributed by atoms with Gasteiger partial charge in [0.15, 0.2) is 0 Å². The summed E-state index contributed by atoms with van der Waals surface area (Å²) in [5.41, 5.74) is 0. The molecule has 0 aromatic carbocycles. The van der Waals surface area contributed by atoms with Crippen molar-refractivity contribution >= 4 is 15.9 Å². The Bertz CT molecular complexity index is 176. The second-order valence-corrected chi connectivity index (χ2v) is 2.30. The van der Waals surface area contributed by atoms with Gasteiger partial charge in [-0.1, -0.05) is 0 Å². The van der Waals surface area contributed by atoms with Gasteiger partial charge in [0, 0.05) is 13.2 Å². The third-order valence-electron chi connectivity index (χ3n) is 0.743. The van der Waals surface area contributed by atoms with Crippen molar-refractivity contribution in [2.45, 2.75) is 0 Å². The highest BCUT2D eigenvalue weighted by Crippen LogP contribution is 2.10. The molecule has 0 fully saturated rings. The first-order valence-corrected chi connectivity index (χ1v) is 2.84. The molecule has 0 saturated heterocycles. The first-order valence-electron chi connectivity index (χ1n) is 2.05. The van der Waals surface area contributed by atoms with Gasteiger partial charge in [0.2, 0.25) is 5.95 Å². The smallest absolute Gasteiger partial charge is 0.246 e. The predicted octanol–water partition coefficient (Wildman–Crippen LogP) is 1.32. The molecule has 0 atom stereocenters. The summed E-state index contributed by atoms with van der Waals surface area (Å²) in [7, 11) is 1.66. The molecule has 0 bridgehead atoms. The minimum absolute atomic E-state index is 0.403. The maximum Gasteiger partial charge on any atom is 0.246 e. The Labute approximate surface area is 54.4 Å². The zero-order chi connectivity index (χ0) is 6.15. The van der Waals surface area contributed by atoms with Gasteiger partial charge in [-0.2, -0.15) is 4.39 Å². The molecular weight excluding hydrogens is 175 g/mol. The average Bonchev–Trinajstić information content (AvgIpc) is 1.85. The summed E-state index contributed by atoms with van der Waals surface area (Å²) in [6.07, 6.45) is 1.55. The maximum absolute atomic E-state index is 12.2. The van der Waals surface area contributed by atoms with Crippen LogP contribution in [0.15, 0.2) is 10.7 Å². The van der Waals surface area contributed by atoms with Crippen molar-refractivity contribution < 1.29 is 4.39 Å². The van der Waals surface area contributed by atoms with Gasteiger partial charge in [0.05, 0.1) is 4.47 Å². The molecule has 1 heterocycles. The SMILES string of the molecule is Cn1cc(Br)c(F)n1. The first-order chi connectivity index (χ1) is 3.70. The normalized spacial score (nSPS) is 9.88. The lowest BCUT2D eigenvalue weighted by atomic mass is 10.7. The molecule has 1 rings (SSSR count). The molecule has 0 spiro atoms. The van der Waals surface area contributed by atoms with Crippen molar-refractivity contribution in [1.82, 2.24) is 9.78 Å². The Morgan fingerprint density at radius 1 is 1.88 bits per heavy atom. The van der Waals surface area contributed by atoms with E-state index in [-0.39, 0.29) is 0 Å². The van der Waals surface area contributed by atoms with Crippen LogP contribution in [0, 0.1) is 5.95 Å². The topological polar surface area (TPSA) is 17.8 Å². The van der Waals surface area contributed by atoms with Gasteiger partial charge in [0.1, 0.15) is 0 Å². The van der Waals surface area contributed by atoms with E-state index in [1.54, 1.807) is 13.2 Å². The van der Waals surface area contributed by atoms with Gasteiger partial charge in [-0.05, 0) is 15.9 Å². The third-order valence-corrected chi connectivity index (χ3v) is 1.27. The van der Waals surface area contributed by atoms with Crippen LogP contribution in [0.1, 0.15) is 0 Å². The Kier molecular flexibility index (Phi) is 1.33. The minimum atomic E-state index is -0.465. The molecule has 8 heavy (non-hydrogen) atoms. The number of rotatable bonds is 0. The van der Waals surface area contributed by atoms with Gasteiger partial charge in [0.25, 0.3) is 0 Å². The highest BCUT2D eigenvalue weighted by molar-refractivity contribution is 9.10. The summed E-state index contributed by atoms with van der Waals surface area (Å²) in [6, 6.07) is 0. The molecule has 44 valence electrons. The Morgan fingerprint density at radius 3 is 2.62 bits per heavy atom. The van der Waals surface area contributed by atoms with Gasteiger partial charge in [-0.25, -0.2) is 0 Å². The standard InChI is InChI=1S/C4H4BrFN2/c1-8-2-3(5)4(6)7-8/h2H,1H3. The van der Waals surface area contributed by atoms with E-state index in [2.05, 4.69) is 21.0 Å². The van der Waals surface area contributed by atoms with Crippen molar-refractivity contribution in [3.05, 3.63) is 16.6 Å². The number of aryl methyl sites for hydroxylation is 1. The molecule has 0 unspecified atom stereocenters. The van der Waals surface area contributed by atoms with Crippen LogP contribution in [0.5, 0.6) is 0 Å². The molecule has 0 aliphatic heterocycles. The number of halogens is 2. The second kappa shape index (κ2) is 1.85. The van der Waals surface area contributed by atoms with Gasteiger partial charge in [-0.15, -0.1) is 5.10 Å². The molecule has 4 heteroatoms. The molecule has 0 saturated carbocycles. The zero-order valence-corrected chi connectivity index (χ0v) is 5.81. The molecule has 1 aromatic rings. The van der Waals surface area contributed by atoms with Crippen LogP contribution >= 0.6 is 15.9 Å². The van der Waals surface area contributed by atoms with Crippen LogP contribution in [0.4, 0.5) is 4.39 Å². The van der Waals surface area contributed by atoms with E-state index < -0.39 is 5.95 Å². The number of aromatic nitrogens is 2. The zero-order valence-electron chi connectivity index (χ0n) is 4.23. The molecule has 1 aromatic heterocycles. The summed E-state index contributed by atoms with van der Waals surface area (Å²) < 4.78 is 14.0. The van der Waals surface area contributed by atoms with Crippen molar-refractivity contribution in [3.63, 3.8) is 0 Å². The average molecular weight is 179 g/mol. The minimum Gasteiger partial charge on any atom is -0.272 e. The van der Waals surface area contributed by atoms with Crippen LogP contribution in [0.25, 0.3) is 0 Å². The molecule has 0 radical (unpaired) electrons. The van der Waals surface area contributed by atoms with Crippen molar-refractivity contribution in [2.75, 3.05) is 0 Å². The molecule has 0 aliphatic carbocycles. The van der Waals surface area contributed by atoms with Crippen molar-refractivity contribution in [2.24, 2.45) is 7.05 Å². The number of nitrogens with zero attached hydrogens (tertiary/aromatic N) is 2. The fraction of sp³-hybridized carbons (Fsp3) is 0.250. The molecular formula is C4H4BrFN2. The summed E-state index contributed by atoms with van der Waals surface area (Å²) in [5, 5.41) is 3.41. The first kappa shape index (κ1) is 5.75. The van der Waals surface area contributed by atoms with E-state index >= 15 is 0 Å². The summed E-state index contributed by atoms with van der Waals surface area (Å²) in [4.78, 5) is 0. The number of hydrogen-bond donors (Lipinski definition) is 0. The monoisotopic (exact) mass is 178 g/mol. The Morgan fingerprint density at radius 2 is 2.50 bits per heavy atom. The number of hydrogen-bond acceptors (Lipinski definition) is 1. The van der Waals surface area contributed by atoms with Crippen molar-refractivity contribution in [3.8, 4) is 0 Å². The van der Waals surface area contributed by atoms with E-state index in [9.17, 15) is 4.39 Å². The van der Waals surface area contributed by atoms with Crippen LogP contribution in [0.2, 0.25) is 0 Å². The van der Waals surface area contributed by atoms with Gasteiger partial charge >= 0.3 is 0 Å². The largest absolute Gasteiger partial charge is 0.272 e. The third kappa shape index (κ3) is 0.888. The summed E-state index contributed by atoms with van der Waals surface area (Å²) in [5.74, 6) is -0.465. The second-order valence-electron chi connectivity index (χ2n) is 1.44. The lowest BCUT2D eigenvalue weighted by Crippen LogP contribution is -1.86. The van der Waals surface area contributed by atoms with Gasteiger partial charge < -0.3 is 0 Å². The molecule has 2 nitrogen and oxygen atoms in total.